The van der Waals surface area contributed by atoms with Gasteiger partial charge < -0.3 is 10.1 Å². The van der Waals surface area contributed by atoms with E-state index < -0.39 is 5.97 Å². The van der Waals surface area contributed by atoms with E-state index in [1.165, 1.54) is 11.3 Å². The molecule has 0 amide bonds. The molecule has 0 radical (unpaired) electrons. The summed E-state index contributed by atoms with van der Waals surface area (Å²) in [5.74, 6) is 0.338. The summed E-state index contributed by atoms with van der Waals surface area (Å²) in [6.07, 6.45) is 3.04. The molecule has 28 heavy (non-hydrogen) atoms. The second kappa shape index (κ2) is 8.24. The minimum Gasteiger partial charge on any atom is -0.481 e. The van der Waals surface area contributed by atoms with Crippen LogP contribution in [0.15, 0.2) is 41.2 Å². The van der Waals surface area contributed by atoms with Crippen molar-refractivity contribution in [3.05, 3.63) is 52.6 Å². The topological polar surface area (TPSA) is 86.3 Å². The molecule has 0 spiro atoms. The zero-order chi connectivity index (χ0) is 19.5. The van der Waals surface area contributed by atoms with Gasteiger partial charge in [0.15, 0.2) is 0 Å². The average molecular weight is 398 g/mol. The molecule has 6 nitrogen and oxygen atoms in total. The Morgan fingerprint density at radius 2 is 2.14 bits per heavy atom. The van der Waals surface area contributed by atoms with Crippen molar-refractivity contribution in [2.24, 2.45) is 5.92 Å². The molecule has 1 unspecified atom stereocenters. The van der Waals surface area contributed by atoms with Gasteiger partial charge in [0.25, 0.3) is 5.56 Å². The molecule has 3 heterocycles. The van der Waals surface area contributed by atoms with E-state index in [4.69, 9.17) is 10.1 Å². The number of benzene rings is 1. The van der Waals surface area contributed by atoms with Crippen LogP contribution in [0.2, 0.25) is 0 Å². The summed E-state index contributed by atoms with van der Waals surface area (Å²) in [5.41, 5.74) is 0.988. The lowest BCUT2D eigenvalue weighted by Gasteiger charge is -2.32. The number of carboxylic acid groups (broad SMARTS) is 1. The second-order valence-electron chi connectivity index (χ2n) is 7.38. The molecule has 1 aliphatic rings. The molecule has 2 N–H and O–H groups in total. The monoisotopic (exact) mass is 397 g/mol. The van der Waals surface area contributed by atoms with Crippen LogP contribution in [0.1, 0.15) is 31.5 Å². The normalized spacial score (nSPS) is 17.8. The Bertz CT molecular complexity index is 1030. The first-order valence-corrected chi connectivity index (χ1v) is 10.4. The first-order valence-electron chi connectivity index (χ1n) is 9.61. The SMILES string of the molecule is O=C(O)CCC1CCCN(Cc2nc3sc(-c4ccccc4)cc3c(=O)[nH]2)C1. The number of thiophene rings is 1. The molecule has 146 valence electrons. The summed E-state index contributed by atoms with van der Waals surface area (Å²) in [6.45, 7) is 2.40. The highest BCUT2D eigenvalue weighted by molar-refractivity contribution is 7.21. The molecule has 0 saturated carbocycles. The molecule has 1 aliphatic heterocycles. The molecule has 0 aliphatic carbocycles. The Morgan fingerprint density at radius 3 is 2.93 bits per heavy atom. The van der Waals surface area contributed by atoms with E-state index in [1.54, 1.807) is 0 Å². The van der Waals surface area contributed by atoms with Crippen molar-refractivity contribution in [3.63, 3.8) is 0 Å². The maximum absolute atomic E-state index is 12.6. The standard InChI is InChI=1S/C21H23N3O3S/c25-19(26)9-8-14-5-4-10-24(12-14)13-18-22-20(27)16-11-17(28-21(16)23-18)15-6-2-1-3-7-15/h1-3,6-7,11,14H,4-5,8-10,12-13H2,(H,25,26)(H,22,23,27). The predicted molar refractivity (Wildman–Crippen MR) is 111 cm³/mol. The molecule has 1 atom stereocenters. The molecule has 3 aromatic rings. The maximum atomic E-state index is 12.6. The first kappa shape index (κ1) is 18.8. The predicted octanol–water partition coefficient (Wildman–Crippen LogP) is 3.73. The number of aliphatic carboxylic acids is 1. The van der Waals surface area contributed by atoms with Gasteiger partial charge in [-0.1, -0.05) is 30.3 Å². The first-order chi connectivity index (χ1) is 13.6. The Hall–Kier alpha value is -2.51. The Morgan fingerprint density at radius 1 is 1.32 bits per heavy atom. The van der Waals surface area contributed by atoms with Crippen LogP contribution in [0.5, 0.6) is 0 Å². The van der Waals surface area contributed by atoms with E-state index in [1.807, 2.05) is 36.4 Å². The van der Waals surface area contributed by atoms with Crippen LogP contribution < -0.4 is 5.56 Å². The van der Waals surface area contributed by atoms with Gasteiger partial charge in [-0.15, -0.1) is 11.3 Å². The van der Waals surface area contributed by atoms with Crippen molar-refractivity contribution in [1.29, 1.82) is 0 Å². The Balaban J connectivity index is 1.51. The number of carbonyl (C=O) groups is 1. The number of aromatic amines is 1. The van der Waals surface area contributed by atoms with E-state index in [-0.39, 0.29) is 12.0 Å². The average Bonchev–Trinajstić information content (AvgIpc) is 3.12. The molecule has 2 aromatic heterocycles. The summed E-state index contributed by atoms with van der Waals surface area (Å²) >= 11 is 1.54. The van der Waals surface area contributed by atoms with Crippen molar-refractivity contribution in [1.82, 2.24) is 14.9 Å². The van der Waals surface area contributed by atoms with Crippen LogP contribution >= 0.6 is 11.3 Å². The van der Waals surface area contributed by atoms with E-state index in [0.29, 0.717) is 30.1 Å². The van der Waals surface area contributed by atoms with E-state index in [2.05, 4.69) is 9.88 Å². The summed E-state index contributed by atoms with van der Waals surface area (Å²) < 4.78 is 0. The second-order valence-corrected chi connectivity index (χ2v) is 8.41. The van der Waals surface area contributed by atoms with E-state index >= 15 is 0 Å². The highest BCUT2D eigenvalue weighted by Crippen LogP contribution is 2.31. The molecule has 4 rings (SSSR count). The zero-order valence-electron chi connectivity index (χ0n) is 15.6. The number of carboxylic acids is 1. The number of H-pyrrole nitrogens is 1. The number of nitrogens with zero attached hydrogens (tertiary/aromatic N) is 2. The van der Waals surface area contributed by atoms with Crippen LogP contribution in [-0.4, -0.2) is 39.0 Å². The maximum Gasteiger partial charge on any atom is 0.303 e. The van der Waals surface area contributed by atoms with Gasteiger partial charge >= 0.3 is 5.97 Å². The Kier molecular flexibility index (Phi) is 5.54. The fourth-order valence-electron chi connectivity index (χ4n) is 3.87. The largest absolute Gasteiger partial charge is 0.481 e. The zero-order valence-corrected chi connectivity index (χ0v) is 16.4. The van der Waals surface area contributed by atoms with Gasteiger partial charge in [0, 0.05) is 17.8 Å². The van der Waals surface area contributed by atoms with Crippen molar-refractivity contribution < 1.29 is 9.90 Å². The third-order valence-corrected chi connectivity index (χ3v) is 6.33. The van der Waals surface area contributed by atoms with Gasteiger partial charge in [-0.3, -0.25) is 14.5 Å². The van der Waals surface area contributed by atoms with E-state index in [0.717, 1.165) is 41.2 Å². The molecule has 1 aromatic carbocycles. The minimum absolute atomic E-state index is 0.0992. The van der Waals surface area contributed by atoms with Crippen LogP contribution in [-0.2, 0) is 11.3 Å². The minimum atomic E-state index is -0.736. The number of aromatic nitrogens is 2. The Labute approximate surface area is 166 Å². The lowest BCUT2D eigenvalue weighted by molar-refractivity contribution is -0.137. The quantitative estimate of drug-likeness (QED) is 0.662. The number of rotatable bonds is 6. The fraction of sp³-hybridized carbons (Fsp3) is 0.381. The fourth-order valence-corrected chi connectivity index (χ4v) is 4.92. The summed E-state index contributed by atoms with van der Waals surface area (Å²) in [6, 6.07) is 11.9. The van der Waals surface area contributed by atoms with Crippen LogP contribution in [0.4, 0.5) is 0 Å². The number of fused-ring (bicyclic) bond motifs is 1. The summed E-state index contributed by atoms with van der Waals surface area (Å²) in [5, 5.41) is 9.53. The number of likely N-dealkylation sites (tertiary alicyclic amines) is 1. The third kappa shape index (κ3) is 4.31. The van der Waals surface area contributed by atoms with Gasteiger partial charge in [-0.25, -0.2) is 4.98 Å². The van der Waals surface area contributed by atoms with Gasteiger partial charge in [0.1, 0.15) is 10.7 Å². The summed E-state index contributed by atoms with van der Waals surface area (Å²) in [4.78, 5) is 35.1. The van der Waals surface area contributed by atoms with Crippen molar-refractivity contribution in [2.75, 3.05) is 13.1 Å². The molecular formula is C21H23N3O3S. The van der Waals surface area contributed by atoms with Crippen LogP contribution in [0.3, 0.4) is 0 Å². The highest BCUT2D eigenvalue weighted by atomic mass is 32.1. The number of piperidine rings is 1. The van der Waals surface area contributed by atoms with Crippen molar-refractivity contribution in [2.45, 2.75) is 32.2 Å². The van der Waals surface area contributed by atoms with Gasteiger partial charge in [0.05, 0.1) is 11.9 Å². The number of nitrogens with one attached hydrogen (secondary N) is 1. The summed E-state index contributed by atoms with van der Waals surface area (Å²) in [7, 11) is 0. The molecule has 1 saturated heterocycles. The molecule has 1 fully saturated rings. The number of hydrogen-bond acceptors (Lipinski definition) is 5. The highest BCUT2D eigenvalue weighted by Gasteiger charge is 2.21. The van der Waals surface area contributed by atoms with E-state index in [9.17, 15) is 9.59 Å². The molecule has 7 heteroatoms. The lowest BCUT2D eigenvalue weighted by Crippen LogP contribution is -2.36. The van der Waals surface area contributed by atoms with Crippen LogP contribution in [0.25, 0.3) is 20.7 Å². The molecule has 0 bridgehead atoms. The smallest absolute Gasteiger partial charge is 0.303 e. The lowest BCUT2D eigenvalue weighted by atomic mass is 9.93. The van der Waals surface area contributed by atoms with Gasteiger partial charge in [-0.2, -0.15) is 0 Å². The molecular weight excluding hydrogens is 374 g/mol. The third-order valence-electron chi connectivity index (χ3n) is 5.25. The van der Waals surface area contributed by atoms with Crippen molar-refractivity contribution >= 4 is 27.5 Å². The van der Waals surface area contributed by atoms with Crippen LogP contribution in [0, 0.1) is 5.92 Å². The van der Waals surface area contributed by atoms with Crippen molar-refractivity contribution in [3.8, 4) is 10.4 Å². The number of hydrogen-bond donors (Lipinski definition) is 2. The van der Waals surface area contributed by atoms with Gasteiger partial charge in [0.2, 0.25) is 0 Å². The van der Waals surface area contributed by atoms with Gasteiger partial charge in [-0.05, 0) is 43.4 Å².